The molecule has 3 heterocycles. The first kappa shape index (κ1) is 75.5. The summed E-state index contributed by atoms with van der Waals surface area (Å²) in [7, 11) is 6.35. The van der Waals surface area contributed by atoms with Gasteiger partial charge < -0.3 is 56.4 Å². The van der Waals surface area contributed by atoms with Crippen LogP contribution in [0.1, 0.15) is 91.5 Å². The van der Waals surface area contributed by atoms with Crippen LogP contribution < -0.4 is 25.5 Å². The van der Waals surface area contributed by atoms with Crippen molar-refractivity contribution in [2.45, 2.75) is 103 Å². The molecular weight excluding hydrogens is 1270 g/mol. The fourth-order valence-corrected chi connectivity index (χ4v) is 12.7. The lowest BCUT2D eigenvalue weighted by molar-refractivity contribution is -0.147. The summed E-state index contributed by atoms with van der Waals surface area (Å²) in [5.74, 6) is 5.76. The number of hydrogen-bond acceptors (Lipinski definition) is 23. The van der Waals surface area contributed by atoms with Gasteiger partial charge in [-0.15, -0.1) is 0 Å². The van der Waals surface area contributed by atoms with Gasteiger partial charge in [0, 0.05) is 54.5 Å². The van der Waals surface area contributed by atoms with Gasteiger partial charge in [0.05, 0.1) is 132 Å². The molecule has 2 unspecified atom stereocenters. The molecule has 0 saturated carbocycles. The van der Waals surface area contributed by atoms with Crippen molar-refractivity contribution in [2.24, 2.45) is 0 Å². The number of ether oxygens (including phenoxy) is 10. The predicted octanol–water partition coefficient (Wildman–Crippen LogP) is 7.48. The SMILES string of the molecule is COC(=O)CN(CC(=O)OC)Cc1cc(C#Cc2ccc(OCCOCCn3c(=O)c(C)cn([C@H]4CC(OP(OCCC#N)N(C(C)C)C(C)C)[C@@H](COC(c5ccccc5)(c5ccc(OC)cc5)c5ccc(OC)cc5)O4)c3=O)cc2)cc(CN(CC(=O)OC)CC(=O)OC)n1. The number of hydrogen-bond donors (Lipinski definition) is 0. The molecule has 1 aliphatic rings. The molecule has 0 radical (unpaired) electrons. The Hall–Kier alpha value is -8.85. The lowest BCUT2D eigenvalue weighted by Crippen LogP contribution is -2.43. The number of aryl methyl sites for hydroxylation is 1. The molecule has 25 nitrogen and oxygen atoms in total. The first-order valence-corrected chi connectivity index (χ1v) is 32.7. The number of nitriles is 1. The highest BCUT2D eigenvalue weighted by molar-refractivity contribution is 7.44. The summed E-state index contributed by atoms with van der Waals surface area (Å²) in [5, 5.41) is 9.56. The highest BCUT2D eigenvalue weighted by atomic mass is 31.2. The molecule has 2 aromatic heterocycles. The van der Waals surface area contributed by atoms with Crippen LogP contribution in [0.25, 0.3) is 0 Å². The summed E-state index contributed by atoms with van der Waals surface area (Å²) in [6.07, 6.45) is -0.665. The van der Waals surface area contributed by atoms with Crippen LogP contribution in [0.5, 0.6) is 17.2 Å². The molecule has 1 fully saturated rings. The molecule has 1 aliphatic heterocycles. The van der Waals surface area contributed by atoms with Crippen LogP contribution in [0, 0.1) is 30.1 Å². The normalized spacial score (nSPS) is 14.8. The van der Waals surface area contributed by atoms with Gasteiger partial charge in [0.25, 0.3) is 14.1 Å². The molecule has 518 valence electrons. The molecule has 97 heavy (non-hydrogen) atoms. The molecule has 0 bridgehead atoms. The largest absolute Gasteiger partial charge is 0.497 e. The summed E-state index contributed by atoms with van der Waals surface area (Å²) in [5.41, 5.74) is 2.35. The highest BCUT2D eigenvalue weighted by Gasteiger charge is 2.45. The van der Waals surface area contributed by atoms with E-state index in [2.05, 4.69) is 50.3 Å². The van der Waals surface area contributed by atoms with Crippen LogP contribution in [0.3, 0.4) is 0 Å². The van der Waals surface area contributed by atoms with Gasteiger partial charge in [0.2, 0.25) is 0 Å². The Morgan fingerprint density at radius 1 is 0.660 bits per heavy atom. The lowest BCUT2D eigenvalue weighted by atomic mass is 9.80. The zero-order valence-corrected chi connectivity index (χ0v) is 57.7. The van der Waals surface area contributed by atoms with E-state index in [0.717, 1.165) is 21.3 Å². The summed E-state index contributed by atoms with van der Waals surface area (Å²) in [4.78, 5) is 85.6. The van der Waals surface area contributed by atoms with Crippen molar-refractivity contribution in [1.29, 1.82) is 5.26 Å². The summed E-state index contributed by atoms with van der Waals surface area (Å²) >= 11 is 0. The second kappa shape index (κ2) is 37.6. The van der Waals surface area contributed by atoms with E-state index in [1.807, 2.05) is 78.9 Å². The van der Waals surface area contributed by atoms with Crippen molar-refractivity contribution in [2.75, 3.05) is 102 Å². The number of esters is 4. The van der Waals surface area contributed by atoms with Crippen LogP contribution in [-0.4, -0.2) is 179 Å². The minimum Gasteiger partial charge on any atom is -0.497 e. The number of carbonyl (C=O) groups excluding carboxylic acids is 4. The van der Waals surface area contributed by atoms with Crippen molar-refractivity contribution < 1.29 is 75.6 Å². The zero-order chi connectivity index (χ0) is 70.0. The zero-order valence-electron chi connectivity index (χ0n) is 56.8. The first-order valence-electron chi connectivity index (χ1n) is 31.5. The van der Waals surface area contributed by atoms with E-state index in [1.165, 1.54) is 49.0 Å². The molecule has 0 spiro atoms. The highest BCUT2D eigenvalue weighted by Crippen LogP contribution is 2.51. The third kappa shape index (κ3) is 21.3. The van der Waals surface area contributed by atoms with E-state index in [0.29, 0.717) is 45.3 Å². The van der Waals surface area contributed by atoms with E-state index >= 15 is 0 Å². The maximum atomic E-state index is 14.7. The number of benzene rings is 4. The Kier molecular flexibility index (Phi) is 29.3. The van der Waals surface area contributed by atoms with Crippen LogP contribution in [0.15, 0.2) is 131 Å². The molecule has 4 atom stereocenters. The molecule has 6 aromatic rings. The quantitative estimate of drug-likeness (QED) is 0.00921. The van der Waals surface area contributed by atoms with Crippen molar-refractivity contribution in [3.63, 3.8) is 0 Å². The van der Waals surface area contributed by atoms with E-state index in [4.69, 9.17) is 61.4 Å². The molecule has 1 saturated heterocycles. The maximum absolute atomic E-state index is 14.7. The van der Waals surface area contributed by atoms with Gasteiger partial charge >= 0.3 is 29.6 Å². The molecular formula is C71H86N7O18P. The third-order valence-corrected chi connectivity index (χ3v) is 17.7. The Morgan fingerprint density at radius 3 is 1.66 bits per heavy atom. The van der Waals surface area contributed by atoms with Gasteiger partial charge in [-0.1, -0.05) is 66.4 Å². The van der Waals surface area contributed by atoms with Crippen LogP contribution >= 0.6 is 8.53 Å². The Labute approximate surface area is 566 Å². The van der Waals surface area contributed by atoms with E-state index in [-0.39, 0.29) is 104 Å². The van der Waals surface area contributed by atoms with Crippen LogP contribution in [0.2, 0.25) is 0 Å². The average Bonchev–Trinajstić information content (AvgIpc) is 1.78. The molecule has 0 aliphatic carbocycles. The molecule has 4 aromatic carbocycles. The van der Waals surface area contributed by atoms with Crippen LogP contribution in [-0.2, 0) is 86.6 Å². The van der Waals surface area contributed by atoms with Gasteiger partial charge in [-0.3, -0.25) is 47.9 Å². The van der Waals surface area contributed by atoms with E-state index in [9.17, 15) is 34.0 Å². The topological polar surface area (TPSA) is 269 Å². The molecule has 0 amide bonds. The van der Waals surface area contributed by atoms with E-state index < -0.39 is 67.7 Å². The van der Waals surface area contributed by atoms with Gasteiger partial charge in [-0.25, -0.2) is 9.46 Å². The molecule has 26 heteroatoms. The molecule has 0 N–H and O–H groups in total. The Morgan fingerprint density at radius 2 is 1.16 bits per heavy atom. The second-order valence-corrected chi connectivity index (χ2v) is 24.4. The lowest BCUT2D eigenvalue weighted by Gasteiger charge is -2.39. The van der Waals surface area contributed by atoms with Gasteiger partial charge in [0.1, 0.15) is 41.8 Å². The van der Waals surface area contributed by atoms with Crippen molar-refractivity contribution >= 4 is 32.4 Å². The average molecular weight is 1360 g/mol. The first-order chi connectivity index (χ1) is 46.7. The number of carbonyl (C=O) groups is 4. The number of rotatable bonds is 36. The monoisotopic (exact) mass is 1360 g/mol. The standard InChI is InChI=1S/C71H86N7O18P/c1-49(2)78(50(3)4)97(94-34-15-32-72)96-62-40-64(95-63(62)48-93-71(54-16-13-12-14-17-54,55-22-28-59(85-6)29-23-55)56-24-30-60(86-7)31-25-56)77-41-51(5)69(83)76(70(77)84)33-35-91-36-37-92-61-26-20-52(21-27-61)18-19-53-38-57(42-74(44-65(79)87-8)45-66(80)88-9)73-58(39-53)43-75(46-67(81)89-10)47-68(82)90-11/h12-14,16-17,20-31,38-39,41,49-50,62-64H,15,33-37,40,42-48H2,1-11H3/t62?,63-,64-,97?/m1/s1. The number of pyridine rings is 1. The van der Waals surface area contributed by atoms with Crippen molar-refractivity contribution in [3.05, 3.63) is 187 Å². The number of methoxy groups -OCH3 is 6. The minimum absolute atomic E-state index is 0.00468. The minimum atomic E-state index is -1.80. The summed E-state index contributed by atoms with van der Waals surface area (Å²) < 4.78 is 75.0. The summed E-state index contributed by atoms with van der Waals surface area (Å²) in [6, 6.07) is 37.8. The Bertz CT molecular complexity index is 3630. The number of nitrogens with zero attached hydrogens (tertiary/aromatic N) is 7. The smallest absolute Gasteiger partial charge is 0.333 e. The number of aromatic nitrogens is 3. The second-order valence-electron chi connectivity index (χ2n) is 23.0. The molecule has 7 rings (SSSR count). The van der Waals surface area contributed by atoms with Crippen LogP contribution in [0.4, 0.5) is 0 Å². The summed E-state index contributed by atoms with van der Waals surface area (Å²) in [6.45, 7) is 9.09. The van der Waals surface area contributed by atoms with Gasteiger partial charge in [-0.2, -0.15) is 5.26 Å². The maximum Gasteiger partial charge on any atom is 0.333 e. The van der Waals surface area contributed by atoms with Gasteiger partial charge in [-0.05, 0) is 112 Å². The van der Waals surface area contributed by atoms with E-state index in [1.54, 1.807) is 57.5 Å². The van der Waals surface area contributed by atoms with Gasteiger partial charge in [0.15, 0.2) is 0 Å². The Balaban J connectivity index is 1.08. The fraction of sp³-hybridized carbons (Fsp3) is 0.437. The van der Waals surface area contributed by atoms with Crippen molar-refractivity contribution in [3.8, 4) is 35.2 Å². The third-order valence-electron chi connectivity index (χ3n) is 15.6. The van der Waals surface area contributed by atoms with Crippen molar-refractivity contribution in [1.82, 2.24) is 28.6 Å². The predicted molar refractivity (Wildman–Crippen MR) is 358 cm³/mol. The fourth-order valence-electron chi connectivity index (χ4n) is 10.9.